The van der Waals surface area contributed by atoms with Crippen molar-refractivity contribution >= 4 is 31.7 Å². The van der Waals surface area contributed by atoms with Crippen molar-refractivity contribution in [2.75, 3.05) is 0 Å². The fourth-order valence-corrected chi connectivity index (χ4v) is 2.26. The highest BCUT2D eigenvalue weighted by Gasteiger charge is 2.31. The van der Waals surface area contributed by atoms with Crippen LogP contribution in [0.4, 0.5) is 14.5 Å². The van der Waals surface area contributed by atoms with Gasteiger partial charge in [0.15, 0.2) is 4.90 Å². The van der Waals surface area contributed by atoms with Gasteiger partial charge in [0.2, 0.25) is 5.75 Å². The number of hydrogen-bond donors (Lipinski definition) is 0. The van der Waals surface area contributed by atoms with E-state index in [4.69, 9.17) is 10.7 Å². The number of nitro groups is 1. The zero-order chi connectivity index (χ0) is 14.8. The average Bonchev–Trinajstić information content (AvgIpc) is 2.25. The van der Waals surface area contributed by atoms with Crippen molar-refractivity contribution in [1.82, 2.24) is 0 Å². The molecule has 19 heavy (non-hydrogen) atoms. The number of rotatable bonds is 5. The summed E-state index contributed by atoms with van der Waals surface area (Å²) < 4.78 is 50.4. The summed E-state index contributed by atoms with van der Waals surface area (Å²) in [5, 5.41) is 10.7. The molecule has 0 aromatic heterocycles. The number of halogens is 3. The Morgan fingerprint density at radius 2 is 2.00 bits per heavy atom. The number of carbonyl (C=O) groups is 1. The first-order valence-corrected chi connectivity index (χ1v) is 6.65. The largest absolute Gasteiger partial charge is 0.427 e. The molecule has 0 aliphatic rings. The number of carbonyl (C=O) groups excluding carboxylic acids is 1. The molecule has 0 saturated carbocycles. The zero-order valence-electron chi connectivity index (χ0n) is 8.75. The van der Waals surface area contributed by atoms with Crippen LogP contribution in [-0.4, -0.2) is 26.2 Å². The summed E-state index contributed by atoms with van der Waals surface area (Å²) in [7, 11) is 0.331. The Balaban J connectivity index is 3.70. The van der Waals surface area contributed by atoms with Gasteiger partial charge in [0.05, 0.1) is 4.92 Å². The maximum atomic E-state index is 12.1. The molecule has 1 aromatic rings. The molecule has 0 atom stereocenters. The van der Waals surface area contributed by atoms with E-state index >= 15 is 0 Å². The number of alkyl halides is 2. The molecule has 11 heteroatoms. The summed E-state index contributed by atoms with van der Waals surface area (Å²) in [6.45, 7) is -3.44. The van der Waals surface area contributed by atoms with E-state index < -0.39 is 42.5 Å². The van der Waals surface area contributed by atoms with E-state index in [0.29, 0.717) is 12.1 Å². The molecule has 0 heterocycles. The van der Waals surface area contributed by atoms with Crippen LogP contribution in [0.15, 0.2) is 17.0 Å². The van der Waals surface area contributed by atoms with Crippen LogP contribution in [0, 0.1) is 10.1 Å². The second kappa shape index (κ2) is 5.45. The van der Waals surface area contributed by atoms with E-state index in [1.165, 1.54) is 0 Å². The lowest BCUT2D eigenvalue weighted by molar-refractivity contribution is -0.389. The Morgan fingerprint density at radius 1 is 1.42 bits per heavy atom. The fraction of sp³-hybridized carbons (Fsp3) is 0.125. The first kappa shape index (κ1) is 15.2. The van der Waals surface area contributed by atoms with Crippen LogP contribution < -0.4 is 4.74 Å². The van der Waals surface area contributed by atoms with Crippen molar-refractivity contribution in [3.05, 3.63) is 27.8 Å². The minimum absolute atomic E-state index is 0.105. The molecular formula is C8H4ClF2NO6S. The van der Waals surface area contributed by atoms with Gasteiger partial charge in [-0.2, -0.15) is 8.78 Å². The Kier molecular flexibility index (Phi) is 4.37. The smallest absolute Gasteiger partial charge is 0.387 e. The second-order valence-corrected chi connectivity index (χ2v) is 5.59. The number of aldehydes is 1. The SMILES string of the molecule is O=Cc1cc(OC(F)F)c([N+](=O)[O-])c(S(=O)(=O)Cl)c1. The van der Waals surface area contributed by atoms with Crippen molar-refractivity contribution in [3.63, 3.8) is 0 Å². The summed E-state index contributed by atoms with van der Waals surface area (Å²) >= 11 is 0. The third-order valence-electron chi connectivity index (χ3n) is 1.86. The topological polar surface area (TPSA) is 104 Å². The Hall–Kier alpha value is -1.81. The molecule has 0 unspecified atom stereocenters. The van der Waals surface area contributed by atoms with Crippen LogP contribution in [-0.2, 0) is 9.05 Å². The van der Waals surface area contributed by atoms with Crippen LogP contribution in [0.1, 0.15) is 10.4 Å². The lowest BCUT2D eigenvalue weighted by Crippen LogP contribution is -2.08. The molecule has 7 nitrogen and oxygen atoms in total. The van der Waals surface area contributed by atoms with E-state index in [0.717, 1.165) is 0 Å². The van der Waals surface area contributed by atoms with Crippen LogP contribution in [0.5, 0.6) is 5.75 Å². The normalized spacial score (nSPS) is 11.4. The highest BCUT2D eigenvalue weighted by molar-refractivity contribution is 8.13. The predicted molar refractivity (Wildman–Crippen MR) is 58.2 cm³/mol. The molecule has 1 rings (SSSR count). The van der Waals surface area contributed by atoms with Crippen LogP contribution in [0.2, 0.25) is 0 Å². The van der Waals surface area contributed by atoms with E-state index in [-0.39, 0.29) is 6.29 Å². The predicted octanol–water partition coefficient (Wildman–Crippen LogP) is 1.94. The molecular weight excluding hydrogens is 312 g/mol. The second-order valence-electron chi connectivity index (χ2n) is 3.06. The summed E-state index contributed by atoms with van der Waals surface area (Å²) in [5.41, 5.74) is -1.68. The van der Waals surface area contributed by atoms with E-state index in [1.54, 1.807) is 0 Å². The minimum Gasteiger partial charge on any atom is -0.427 e. The molecule has 1 aromatic carbocycles. The van der Waals surface area contributed by atoms with Gasteiger partial charge in [-0.05, 0) is 12.1 Å². The van der Waals surface area contributed by atoms with Crippen molar-refractivity contribution < 1.29 is 31.7 Å². The van der Waals surface area contributed by atoms with Gasteiger partial charge in [-0.3, -0.25) is 14.9 Å². The third-order valence-corrected chi connectivity index (χ3v) is 3.19. The van der Waals surface area contributed by atoms with Gasteiger partial charge in [-0.1, -0.05) is 0 Å². The van der Waals surface area contributed by atoms with Gasteiger partial charge in [0, 0.05) is 16.2 Å². The standard InChI is InChI=1S/C8H4ClF2NO6S/c9-19(16,17)6-2-4(3-13)1-5(18-8(10)11)7(6)12(14)15/h1-3,8H. The maximum absolute atomic E-state index is 12.1. The summed E-state index contributed by atoms with van der Waals surface area (Å²) in [6, 6.07) is 1.20. The molecule has 104 valence electrons. The quantitative estimate of drug-likeness (QED) is 0.356. The van der Waals surface area contributed by atoms with Crippen molar-refractivity contribution in [2.45, 2.75) is 11.5 Å². The van der Waals surface area contributed by atoms with E-state index in [9.17, 15) is 32.1 Å². The van der Waals surface area contributed by atoms with Gasteiger partial charge >= 0.3 is 12.3 Å². The lowest BCUT2D eigenvalue weighted by atomic mass is 10.2. The number of nitro benzene ring substituents is 1. The van der Waals surface area contributed by atoms with Gasteiger partial charge in [0.25, 0.3) is 9.05 Å². The maximum Gasteiger partial charge on any atom is 0.387 e. The molecule has 0 aliphatic heterocycles. The Bertz CT molecular complexity index is 632. The molecule has 0 spiro atoms. The Labute approximate surface area is 109 Å². The lowest BCUT2D eigenvalue weighted by Gasteiger charge is -2.08. The summed E-state index contributed by atoms with van der Waals surface area (Å²) in [6.07, 6.45) is 0.105. The van der Waals surface area contributed by atoms with Crippen molar-refractivity contribution in [3.8, 4) is 5.75 Å². The first-order valence-electron chi connectivity index (χ1n) is 4.34. The molecule has 0 aliphatic carbocycles. The van der Waals surface area contributed by atoms with Crippen LogP contribution in [0.25, 0.3) is 0 Å². The highest BCUT2D eigenvalue weighted by Crippen LogP contribution is 2.37. The minimum atomic E-state index is -4.62. The van der Waals surface area contributed by atoms with Crippen LogP contribution in [0.3, 0.4) is 0 Å². The van der Waals surface area contributed by atoms with Gasteiger partial charge in [-0.25, -0.2) is 8.42 Å². The molecule has 0 saturated heterocycles. The van der Waals surface area contributed by atoms with Gasteiger partial charge in [-0.15, -0.1) is 0 Å². The average molecular weight is 316 g/mol. The van der Waals surface area contributed by atoms with Crippen LogP contribution >= 0.6 is 10.7 Å². The zero-order valence-corrected chi connectivity index (χ0v) is 10.3. The first-order chi connectivity index (χ1) is 8.66. The highest BCUT2D eigenvalue weighted by atomic mass is 35.7. The monoisotopic (exact) mass is 315 g/mol. The molecule has 0 radical (unpaired) electrons. The van der Waals surface area contributed by atoms with E-state index in [2.05, 4.69) is 4.74 Å². The van der Waals surface area contributed by atoms with Gasteiger partial charge < -0.3 is 4.74 Å². The van der Waals surface area contributed by atoms with Crippen molar-refractivity contribution in [1.29, 1.82) is 0 Å². The molecule has 0 N–H and O–H groups in total. The van der Waals surface area contributed by atoms with Crippen molar-refractivity contribution in [2.24, 2.45) is 0 Å². The van der Waals surface area contributed by atoms with Gasteiger partial charge in [0.1, 0.15) is 6.29 Å². The number of hydrogen-bond acceptors (Lipinski definition) is 6. The fourth-order valence-electron chi connectivity index (χ4n) is 1.22. The number of ether oxygens (including phenoxy) is 1. The number of nitrogens with zero attached hydrogens (tertiary/aromatic N) is 1. The summed E-state index contributed by atoms with van der Waals surface area (Å²) in [4.78, 5) is 18.9. The molecule has 0 amide bonds. The summed E-state index contributed by atoms with van der Waals surface area (Å²) in [5.74, 6) is -1.07. The third kappa shape index (κ3) is 3.58. The van der Waals surface area contributed by atoms with E-state index in [1.807, 2.05) is 0 Å². The molecule has 0 fully saturated rings. The Morgan fingerprint density at radius 3 is 2.37 bits per heavy atom. The number of benzene rings is 1. The molecule has 0 bridgehead atoms.